The molecule has 0 aliphatic heterocycles. The average molecular weight is 312 g/mol. The predicted octanol–water partition coefficient (Wildman–Crippen LogP) is 2.14. The van der Waals surface area contributed by atoms with E-state index in [9.17, 15) is 0 Å². The Morgan fingerprint density at radius 1 is 1.69 bits per heavy atom. The summed E-state index contributed by atoms with van der Waals surface area (Å²) in [7, 11) is 1.98. The number of anilines is 1. The molecule has 0 spiro atoms. The van der Waals surface area contributed by atoms with Crippen LogP contribution in [0.3, 0.4) is 0 Å². The second-order valence-electron chi connectivity index (χ2n) is 2.86. The van der Waals surface area contributed by atoms with Crippen molar-refractivity contribution in [3.63, 3.8) is 0 Å². The fourth-order valence-electron chi connectivity index (χ4n) is 1.05. The zero-order chi connectivity index (χ0) is 9.84. The van der Waals surface area contributed by atoms with Crippen LogP contribution in [-0.2, 0) is 0 Å². The summed E-state index contributed by atoms with van der Waals surface area (Å²) in [5.74, 6) is 0.933. The Balaban J connectivity index is 2.76. The number of nitrogens with zero attached hydrogens (tertiary/aromatic N) is 3. The Morgan fingerprint density at radius 2 is 2.38 bits per heavy atom. The van der Waals surface area contributed by atoms with Crippen molar-refractivity contribution in [1.82, 2.24) is 9.97 Å². The van der Waals surface area contributed by atoms with E-state index >= 15 is 0 Å². The number of hydrogen-bond acceptors (Lipinski definition) is 3. The van der Waals surface area contributed by atoms with Gasteiger partial charge in [0.1, 0.15) is 12.1 Å². The second kappa shape index (κ2) is 4.95. The quantitative estimate of drug-likeness (QED) is 0.633. The molecule has 1 aromatic heterocycles. The molecule has 0 saturated carbocycles. The highest BCUT2D eigenvalue weighted by atomic mass is 127. The van der Waals surface area contributed by atoms with E-state index < -0.39 is 0 Å². The van der Waals surface area contributed by atoms with Gasteiger partial charge in [-0.15, -0.1) is 11.6 Å². The van der Waals surface area contributed by atoms with E-state index in [0.29, 0.717) is 0 Å². The minimum atomic E-state index is 0.121. The van der Waals surface area contributed by atoms with E-state index in [1.54, 1.807) is 12.5 Å². The van der Waals surface area contributed by atoms with E-state index in [4.69, 9.17) is 11.6 Å². The average Bonchev–Trinajstić information content (AvgIpc) is 2.03. The van der Waals surface area contributed by atoms with Gasteiger partial charge >= 0.3 is 0 Å². The van der Waals surface area contributed by atoms with Crippen LogP contribution in [0.5, 0.6) is 0 Å². The first-order valence-corrected chi connectivity index (χ1v) is 5.43. The first-order valence-electron chi connectivity index (χ1n) is 3.92. The van der Waals surface area contributed by atoms with Crippen LogP contribution in [0.15, 0.2) is 12.5 Å². The van der Waals surface area contributed by atoms with Crippen LogP contribution < -0.4 is 4.90 Å². The number of rotatable bonds is 3. The third kappa shape index (κ3) is 3.27. The van der Waals surface area contributed by atoms with Crippen molar-refractivity contribution in [2.45, 2.75) is 12.3 Å². The molecule has 0 bridgehead atoms. The number of aromatic nitrogens is 2. The third-order valence-corrected chi connectivity index (χ3v) is 2.43. The van der Waals surface area contributed by atoms with Gasteiger partial charge in [-0.05, 0) is 29.5 Å². The van der Waals surface area contributed by atoms with Gasteiger partial charge in [-0.25, -0.2) is 9.97 Å². The van der Waals surface area contributed by atoms with Gasteiger partial charge in [-0.1, -0.05) is 0 Å². The largest absolute Gasteiger partial charge is 0.357 e. The standard InChI is InChI=1S/C8H11ClIN3/c1-6(9)4-13(2)8-7(10)3-11-5-12-8/h3,5-6H,4H2,1-2H3. The molecule has 1 aromatic rings. The van der Waals surface area contributed by atoms with Crippen LogP contribution in [0, 0.1) is 3.57 Å². The fraction of sp³-hybridized carbons (Fsp3) is 0.500. The van der Waals surface area contributed by atoms with Gasteiger partial charge in [0.05, 0.1) is 3.57 Å². The zero-order valence-electron chi connectivity index (χ0n) is 7.54. The maximum atomic E-state index is 5.89. The van der Waals surface area contributed by atoms with Gasteiger partial charge in [-0.3, -0.25) is 0 Å². The highest BCUT2D eigenvalue weighted by Crippen LogP contribution is 2.17. The van der Waals surface area contributed by atoms with Crippen molar-refractivity contribution < 1.29 is 0 Å². The van der Waals surface area contributed by atoms with Gasteiger partial charge in [-0.2, -0.15) is 0 Å². The molecule has 1 heterocycles. The minimum Gasteiger partial charge on any atom is -0.357 e. The van der Waals surface area contributed by atoms with Crippen LogP contribution in [0.25, 0.3) is 0 Å². The lowest BCUT2D eigenvalue weighted by Gasteiger charge is -2.19. The van der Waals surface area contributed by atoms with Crippen LogP contribution in [0.2, 0.25) is 0 Å². The molecule has 5 heteroatoms. The van der Waals surface area contributed by atoms with E-state index in [1.807, 2.05) is 18.9 Å². The molecular weight excluding hydrogens is 300 g/mol. The van der Waals surface area contributed by atoms with Crippen LogP contribution in [0.4, 0.5) is 5.82 Å². The fourth-order valence-corrected chi connectivity index (χ4v) is 1.97. The van der Waals surface area contributed by atoms with E-state index in [-0.39, 0.29) is 5.38 Å². The predicted molar refractivity (Wildman–Crippen MR) is 63.3 cm³/mol. The molecule has 0 fully saturated rings. The molecule has 0 amide bonds. The third-order valence-electron chi connectivity index (χ3n) is 1.54. The minimum absolute atomic E-state index is 0.121. The van der Waals surface area contributed by atoms with Crippen LogP contribution >= 0.6 is 34.2 Å². The van der Waals surface area contributed by atoms with Crippen molar-refractivity contribution in [2.24, 2.45) is 0 Å². The molecule has 0 aromatic carbocycles. The number of alkyl halides is 1. The Kier molecular flexibility index (Phi) is 4.18. The molecular formula is C8H11ClIN3. The van der Waals surface area contributed by atoms with E-state index in [1.165, 1.54) is 0 Å². The molecule has 1 atom stereocenters. The molecule has 0 radical (unpaired) electrons. The second-order valence-corrected chi connectivity index (χ2v) is 4.76. The molecule has 0 N–H and O–H groups in total. The van der Waals surface area contributed by atoms with E-state index in [0.717, 1.165) is 15.9 Å². The van der Waals surface area contributed by atoms with Crippen molar-refractivity contribution in [2.75, 3.05) is 18.5 Å². The van der Waals surface area contributed by atoms with Crippen molar-refractivity contribution in [3.8, 4) is 0 Å². The Morgan fingerprint density at radius 3 is 2.92 bits per heavy atom. The Bertz CT molecular complexity index is 280. The summed E-state index contributed by atoms with van der Waals surface area (Å²) in [6.07, 6.45) is 3.34. The van der Waals surface area contributed by atoms with Crippen LogP contribution in [-0.4, -0.2) is 28.9 Å². The lowest BCUT2D eigenvalue weighted by molar-refractivity contribution is 0.837. The summed E-state index contributed by atoms with van der Waals surface area (Å²) >= 11 is 8.10. The summed E-state index contributed by atoms with van der Waals surface area (Å²) in [6.45, 7) is 2.75. The first kappa shape index (κ1) is 11.0. The van der Waals surface area contributed by atoms with Gasteiger partial charge < -0.3 is 4.90 Å². The summed E-state index contributed by atoms with van der Waals surface area (Å²) in [5, 5.41) is 0.121. The normalized spacial score (nSPS) is 12.6. The summed E-state index contributed by atoms with van der Waals surface area (Å²) < 4.78 is 1.04. The molecule has 13 heavy (non-hydrogen) atoms. The first-order chi connectivity index (χ1) is 6.11. The van der Waals surface area contributed by atoms with Crippen molar-refractivity contribution in [3.05, 3.63) is 16.1 Å². The lowest BCUT2D eigenvalue weighted by Crippen LogP contribution is -2.25. The van der Waals surface area contributed by atoms with Gasteiger partial charge in [0.15, 0.2) is 0 Å². The molecule has 0 aliphatic carbocycles. The summed E-state index contributed by atoms with van der Waals surface area (Å²) in [4.78, 5) is 10.1. The zero-order valence-corrected chi connectivity index (χ0v) is 10.5. The number of halogens is 2. The van der Waals surface area contributed by atoms with Gasteiger partial charge in [0.2, 0.25) is 0 Å². The van der Waals surface area contributed by atoms with Crippen molar-refractivity contribution >= 4 is 40.0 Å². The molecule has 0 saturated heterocycles. The van der Waals surface area contributed by atoms with Crippen molar-refractivity contribution in [1.29, 1.82) is 0 Å². The maximum Gasteiger partial charge on any atom is 0.145 e. The van der Waals surface area contributed by atoms with Crippen LogP contribution in [0.1, 0.15) is 6.92 Å². The number of hydrogen-bond donors (Lipinski definition) is 0. The molecule has 0 aliphatic rings. The molecule has 1 rings (SSSR count). The van der Waals surface area contributed by atoms with Gasteiger partial charge in [0.25, 0.3) is 0 Å². The van der Waals surface area contributed by atoms with E-state index in [2.05, 4.69) is 32.6 Å². The molecule has 3 nitrogen and oxygen atoms in total. The SMILES string of the molecule is CC(Cl)CN(C)c1ncncc1I. The smallest absolute Gasteiger partial charge is 0.145 e. The Labute approximate surface area is 96.7 Å². The topological polar surface area (TPSA) is 29.0 Å². The highest BCUT2D eigenvalue weighted by molar-refractivity contribution is 14.1. The monoisotopic (exact) mass is 311 g/mol. The van der Waals surface area contributed by atoms with Gasteiger partial charge in [0, 0.05) is 25.2 Å². The summed E-state index contributed by atoms with van der Waals surface area (Å²) in [5.41, 5.74) is 0. The molecule has 72 valence electrons. The highest BCUT2D eigenvalue weighted by Gasteiger charge is 2.08. The maximum absolute atomic E-state index is 5.89. The Hall–Kier alpha value is -0.100. The molecule has 1 unspecified atom stereocenters. The lowest BCUT2D eigenvalue weighted by atomic mass is 10.4. The summed E-state index contributed by atoms with van der Waals surface area (Å²) in [6, 6.07) is 0.